The van der Waals surface area contributed by atoms with Crippen LogP contribution in [0.1, 0.15) is 11.3 Å². The highest BCUT2D eigenvalue weighted by Crippen LogP contribution is 2.28. The third-order valence-corrected chi connectivity index (χ3v) is 5.26. The summed E-state index contributed by atoms with van der Waals surface area (Å²) in [5, 5.41) is 1.25. The maximum absolute atomic E-state index is 11.3. The van der Waals surface area contributed by atoms with Gasteiger partial charge in [-0.3, -0.25) is 0 Å². The van der Waals surface area contributed by atoms with E-state index in [9.17, 15) is 8.42 Å². The number of aromatic amines is 1. The summed E-state index contributed by atoms with van der Waals surface area (Å²) >= 11 is 0. The summed E-state index contributed by atoms with van der Waals surface area (Å²) in [5.74, 6) is 1.09. The minimum atomic E-state index is -2.90. The average molecular weight is 322 g/mol. The number of ether oxygens (including phenoxy) is 1. The number of hydrogen-bond acceptors (Lipinski definition) is 4. The molecular formula is C16H22N2O3S. The molecule has 1 aromatic carbocycles. The van der Waals surface area contributed by atoms with Crippen LogP contribution in [0.15, 0.2) is 18.2 Å². The molecule has 2 heterocycles. The van der Waals surface area contributed by atoms with Gasteiger partial charge in [-0.2, -0.15) is 0 Å². The first-order valence-electron chi connectivity index (χ1n) is 7.54. The van der Waals surface area contributed by atoms with Gasteiger partial charge >= 0.3 is 0 Å². The molecule has 0 bridgehead atoms. The summed E-state index contributed by atoms with van der Waals surface area (Å²) in [4.78, 5) is 5.74. The molecule has 5 nitrogen and oxygen atoms in total. The van der Waals surface area contributed by atoms with Gasteiger partial charge in [-0.05, 0) is 24.1 Å². The summed E-state index contributed by atoms with van der Waals surface area (Å²) in [5.41, 5.74) is 3.75. The number of fused-ring (bicyclic) bond motifs is 3. The molecule has 0 saturated heterocycles. The Hall–Kier alpha value is -1.53. The van der Waals surface area contributed by atoms with E-state index in [-0.39, 0.29) is 5.75 Å². The van der Waals surface area contributed by atoms with E-state index in [0.717, 1.165) is 37.2 Å². The summed E-state index contributed by atoms with van der Waals surface area (Å²) < 4.78 is 27.9. The molecule has 1 N–H and O–H groups in total. The molecule has 1 aliphatic rings. The Bertz CT molecular complexity index is 780. The van der Waals surface area contributed by atoms with E-state index in [4.69, 9.17) is 4.74 Å². The number of rotatable bonds is 4. The fourth-order valence-electron chi connectivity index (χ4n) is 3.09. The Balaban J connectivity index is 1.78. The van der Waals surface area contributed by atoms with E-state index in [1.165, 1.54) is 22.9 Å². The van der Waals surface area contributed by atoms with Crippen LogP contribution in [0, 0.1) is 0 Å². The summed E-state index contributed by atoms with van der Waals surface area (Å²) in [6.45, 7) is 2.42. The fraction of sp³-hybridized carbons (Fsp3) is 0.500. The number of nitrogens with zero attached hydrogens (tertiary/aromatic N) is 1. The topological polar surface area (TPSA) is 62.4 Å². The monoisotopic (exact) mass is 322 g/mol. The second-order valence-electron chi connectivity index (χ2n) is 5.97. The second-order valence-corrected chi connectivity index (χ2v) is 8.22. The minimum Gasteiger partial charge on any atom is -0.497 e. The Morgan fingerprint density at radius 3 is 2.77 bits per heavy atom. The van der Waals surface area contributed by atoms with Gasteiger partial charge in [0.05, 0.1) is 12.9 Å². The first-order chi connectivity index (χ1) is 10.5. The van der Waals surface area contributed by atoms with Crippen LogP contribution in [0.3, 0.4) is 0 Å². The van der Waals surface area contributed by atoms with Gasteiger partial charge in [-0.15, -0.1) is 0 Å². The van der Waals surface area contributed by atoms with Crippen LogP contribution in [0.2, 0.25) is 0 Å². The van der Waals surface area contributed by atoms with E-state index < -0.39 is 9.84 Å². The SMILES string of the molecule is COc1ccc2c3c([nH]c2c1)CCN(CCS(C)(=O)=O)CC3. The molecule has 0 fully saturated rings. The first kappa shape index (κ1) is 15.4. The zero-order valence-electron chi connectivity index (χ0n) is 13.1. The molecule has 0 amide bonds. The molecule has 3 rings (SSSR count). The Kier molecular flexibility index (Phi) is 4.14. The van der Waals surface area contributed by atoms with Gasteiger partial charge in [0.25, 0.3) is 0 Å². The van der Waals surface area contributed by atoms with Gasteiger partial charge in [0, 0.05) is 55.0 Å². The number of nitrogens with one attached hydrogen (secondary N) is 1. The van der Waals surface area contributed by atoms with E-state index in [0.29, 0.717) is 6.54 Å². The smallest absolute Gasteiger partial charge is 0.148 e. The molecule has 1 aliphatic heterocycles. The van der Waals surface area contributed by atoms with Crippen LogP contribution in [-0.4, -0.2) is 57.1 Å². The van der Waals surface area contributed by atoms with Crippen LogP contribution in [0.5, 0.6) is 5.75 Å². The lowest BCUT2D eigenvalue weighted by molar-refractivity contribution is 0.304. The van der Waals surface area contributed by atoms with E-state index >= 15 is 0 Å². The van der Waals surface area contributed by atoms with Crippen molar-refractivity contribution >= 4 is 20.7 Å². The lowest BCUT2D eigenvalue weighted by Crippen LogP contribution is -2.31. The van der Waals surface area contributed by atoms with Crippen LogP contribution >= 0.6 is 0 Å². The molecule has 0 atom stereocenters. The third kappa shape index (κ3) is 3.28. The van der Waals surface area contributed by atoms with Gasteiger partial charge < -0.3 is 14.6 Å². The molecule has 120 valence electrons. The van der Waals surface area contributed by atoms with Crippen molar-refractivity contribution in [3.8, 4) is 5.75 Å². The highest BCUT2D eigenvalue weighted by atomic mass is 32.2. The van der Waals surface area contributed by atoms with E-state index in [1.54, 1.807) is 7.11 Å². The lowest BCUT2D eigenvalue weighted by Gasteiger charge is -2.18. The van der Waals surface area contributed by atoms with Crippen LogP contribution < -0.4 is 4.74 Å². The number of aromatic nitrogens is 1. The molecule has 2 aromatic rings. The molecule has 0 spiro atoms. The molecule has 0 unspecified atom stereocenters. The predicted octanol–water partition coefficient (Wildman–Crippen LogP) is 1.62. The number of hydrogen-bond donors (Lipinski definition) is 1. The van der Waals surface area contributed by atoms with Crippen molar-refractivity contribution in [3.63, 3.8) is 0 Å². The molecule has 0 aliphatic carbocycles. The molecule has 0 saturated carbocycles. The maximum atomic E-state index is 11.3. The number of H-pyrrole nitrogens is 1. The van der Waals surface area contributed by atoms with Gasteiger partial charge in [0.15, 0.2) is 0 Å². The fourth-order valence-corrected chi connectivity index (χ4v) is 3.68. The van der Waals surface area contributed by atoms with Crippen molar-refractivity contribution in [1.29, 1.82) is 0 Å². The van der Waals surface area contributed by atoms with Gasteiger partial charge in [0.1, 0.15) is 15.6 Å². The van der Waals surface area contributed by atoms with Gasteiger partial charge in [0.2, 0.25) is 0 Å². The highest BCUT2D eigenvalue weighted by molar-refractivity contribution is 7.90. The quantitative estimate of drug-likeness (QED) is 0.929. The Morgan fingerprint density at radius 1 is 1.27 bits per heavy atom. The maximum Gasteiger partial charge on any atom is 0.148 e. The Morgan fingerprint density at radius 2 is 2.05 bits per heavy atom. The van der Waals surface area contributed by atoms with Gasteiger partial charge in [-0.25, -0.2) is 8.42 Å². The van der Waals surface area contributed by atoms with E-state index in [1.807, 2.05) is 12.1 Å². The Labute approximate surface area is 131 Å². The van der Waals surface area contributed by atoms with Crippen molar-refractivity contribution in [1.82, 2.24) is 9.88 Å². The number of sulfone groups is 1. The largest absolute Gasteiger partial charge is 0.497 e. The third-order valence-electron chi connectivity index (χ3n) is 4.34. The summed E-state index contributed by atoms with van der Waals surface area (Å²) in [6, 6.07) is 6.13. The molecule has 1 aromatic heterocycles. The van der Waals surface area contributed by atoms with Crippen LogP contribution in [0.25, 0.3) is 10.9 Å². The van der Waals surface area contributed by atoms with Crippen molar-refractivity contribution < 1.29 is 13.2 Å². The minimum absolute atomic E-state index is 0.235. The molecular weight excluding hydrogens is 300 g/mol. The zero-order chi connectivity index (χ0) is 15.7. The zero-order valence-corrected chi connectivity index (χ0v) is 13.9. The number of benzene rings is 1. The van der Waals surface area contributed by atoms with Gasteiger partial charge in [-0.1, -0.05) is 0 Å². The van der Waals surface area contributed by atoms with Crippen molar-refractivity contribution in [2.45, 2.75) is 12.8 Å². The van der Waals surface area contributed by atoms with Crippen molar-refractivity contribution in [2.75, 3.05) is 38.8 Å². The predicted molar refractivity (Wildman–Crippen MR) is 88.4 cm³/mol. The second kappa shape index (κ2) is 5.93. The van der Waals surface area contributed by atoms with Crippen molar-refractivity contribution in [3.05, 3.63) is 29.5 Å². The lowest BCUT2D eigenvalue weighted by atomic mass is 10.1. The van der Waals surface area contributed by atoms with Crippen molar-refractivity contribution in [2.24, 2.45) is 0 Å². The molecule has 6 heteroatoms. The summed E-state index contributed by atoms with van der Waals surface area (Å²) in [7, 11) is -1.22. The normalized spacial score (nSPS) is 16.5. The summed E-state index contributed by atoms with van der Waals surface area (Å²) in [6.07, 6.45) is 3.18. The number of methoxy groups -OCH3 is 1. The first-order valence-corrected chi connectivity index (χ1v) is 9.60. The van der Waals surface area contributed by atoms with Crippen LogP contribution in [0.4, 0.5) is 0 Å². The standard InChI is InChI=1S/C16H22N2O3S/c1-21-12-3-4-13-14-5-7-18(9-10-22(2,19)20)8-6-15(14)17-16(13)11-12/h3-4,11,17H,5-10H2,1-2H3. The average Bonchev–Trinajstić information content (AvgIpc) is 2.69. The molecule has 0 radical (unpaired) electrons. The highest BCUT2D eigenvalue weighted by Gasteiger charge is 2.19. The molecule has 22 heavy (non-hydrogen) atoms. The van der Waals surface area contributed by atoms with E-state index in [2.05, 4.69) is 16.0 Å². The van der Waals surface area contributed by atoms with Crippen LogP contribution in [-0.2, 0) is 22.7 Å².